The Balaban J connectivity index is 1.67. The minimum Gasteiger partial charge on any atom is -0.342 e. The van der Waals surface area contributed by atoms with Crippen LogP contribution >= 0.6 is 11.6 Å². The van der Waals surface area contributed by atoms with Crippen molar-refractivity contribution in [2.75, 3.05) is 13.1 Å². The van der Waals surface area contributed by atoms with Crippen LogP contribution in [-0.2, 0) is 11.2 Å². The van der Waals surface area contributed by atoms with Crippen LogP contribution in [-0.4, -0.2) is 33.9 Å². The number of halogens is 1. The van der Waals surface area contributed by atoms with Crippen molar-refractivity contribution in [1.29, 1.82) is 0 Å². The Hall–Kier alpha value is -2.34. The van der Waals surface area contributed by atoms with E-state index in [1.165, 1.54) is 6.07 Å². The molecule has 1 aliphatic rings. The number of hydrogen-bond acceptors (Lipinski definition) is 3. The molecule has 0 spiro atoms. The second kappa shape index (κ2) is 6.42. The number of H-pyrrole nitrogens is 2. The van der Waals surface area contributed by atoms with E-state index in [2.05, 4.69) is 9.97 Å². The molecule has 6 nitrogen and oxygen atoms in total. The van der Waals surface area contributed by atoms with Gasteiger partial charge in [-0.15, -0.1) is 0 Å². The van der Waals surface area contributed by atoms with Crippen LogP contribution < -0.4 is 11.2 Å². The molecule has 1 atom stereocenters. The Morgan fingerprint density at radius 3 is 2.65 bits per heavy atom. The van der Waals surface area contributed by atoms with E-state index in [9.17, 15) is 14.4 Å². The molecule has 0 bridgehead atoms. The van der Waals surface area contributed by atoms with E-state index in [0.29, 0.717) is 30.2 Å². The molecule has 0 aliphatic carbocycles. The number of carbonyl (C=O) groups is 1. The smallest absolute Gasteiger partial charge is 0.325 e. The highest BCUT2D eigenvalue weighted by Crippen LogP contribution is 2.25. The maximum atomic E-state index is 12.4. The second-order valence-electron chi connectivity index (χ2n) is 5.67. The monoisotopic (exact) mass is 333 g/mol. The summed E-state index contributed by atoms with van der Waals surface area (Å²) in [4.78, 5) is 41.6. The summed E-state index contributed by atoms with van der Waals surface area (Å²) in [7, 11) is 0. The molecular weight excluding hydrogens is 318 g/mol. The zero-order chi connectivity index (χ0) is 16.4. The highest BCUT2D eigenvalue weighted by atomic mass is 35.5. The van der Waals surface area contributed by atoms with E-state index in [1.54, 1.807) is 17.0 Å². The van der Waals surface area contributed by atoms with Gasteiger partial charge in [0.2, 0.25) is 5.91 Å². The number of nitrogens with one attached hydrogen (secondary N) is 2. The molecule has 1 aromatic heterocycles. The molecule has 7 heteroatoms. The predicted molar refractivity (Wildman–Crippen MR) is 86.8 cm³/mol. The van der Waals surface area contributed by atoms with E-state index in [0.717, 1.165) is 12.0 Å². The Kier molecular flexibility index (Phi) is 4.34. The SMILES string of the molecule is O=C(Cc1ccc(Cl)cc1)N1CCC(c2cc(=O)[nH]c(=O)[nH]2)C1. The lowest BCUT2D eigenvalue weighted by Gasteiger charge is -2.16. The van der Waals surface area contributed by atoms with Gasteiger partial charge in [-0.05, 0) is 24.1 Å². The summed E-state index contributed by atoms with van der Waals surface area (Å²) in [5, 5.41) is 0.640. The van der Waals surface area contributed by atoms with Gasteiger partial charge in [0.15, 0.2) is 0 Å². The van der Waals surface area contributed by atoms with Crippen LogP contribution in [0.1, 0.15) is 23.6 Å². The van der Waals surface area contributed by atoms with E-state index >= 15 is 0 Å². The van der Waals surface area contributed by atoms with Crippen LogP contribution in [0.3, 0.4) is 0 Å². The molecule has 3 rings (SSSR count). The minimum absolute atomic E-state index is 0.0147. The lowest BCUT2D eigenvalue weighted by molar-refractivity contribution is -0.129. The molecule has 1 fully saturated rings. The number of carbonyl (C=O) groups excluding carboxylic acids is 1. The minimum atomic E-state index is -0.515. The molecule has 1 aromatic carbocycles. The normalized spacial score (nSPS) is 17.4. The van der Waals surface area contributed by atoms with E-state index in [-0.39, 0.29) is 11.8 Å². The standard InChI is InChI=1S/C16H16ClN3O3/c17-12-3-1-10(2-4-12)7-15(22)20-6-5-11(9-20)13-8-14(21)19-16(23)18-13/h1-4,8,11H,5-7,9H2,(H2,18,19,21,23). The summed E-state index contributed by atoms with van der Waals surface area (Å²) in [6.07, 6.45) is 1.04. The van der Waals surface area contributed by atoms with E-state index in [1.807, 2.05) is 12.1 Å². The first-order valence-corrected chi connectivity index (χ1v) is 7.75. The first kappa shape index (κ1) is 15.6. The Morgan fingerprint density at radius 1 is 1.22 bits per heavy atom. The van der Waals surface area contributed by atoms with Crippen molar-refractivity contribution in [1.82, 2.24) is 14.9 Å². The van der Waals surface area contributed by atoms with Gasteiger partial charge >= 0.3 is 5.69 Å². The predicted octanol–water partition coefficient (Wildman–Crippen LogP) is 1.28. The van der Waals surface area contributed by atoms with Crippen molar-refractivity contribution >= 4 is 17.5 Å². The zero-order valence-electron chi connectivity index (χ0n) is 12.3. The third kappa shape index (κ3) is 3.71. The summed E-state index contributed by atoms with van der Waals surface area (Å²) >= 11 is 5.84. The molecule has 1 unspecified atom stereocenters. The van der Waals surface area contributed by atoms with Crippen molar-refractivity contribution in [2.45, 2.75) is 18.8 Å². The van der Waals surface area contributed by atoms with Crippen LogP contribution in [0, 0.1) is 0 Å². The van der Waals surface area contributed by atoms with Gasteiger partial charge in [-0.2, -0.15) is 0 Å². The lowest BCUT2D eigenvalue weighted by atomic mass is 10.1. The van der Waals surface area contributed by atoms with Crippen molar-refractivity contribution in [3.63, 3.8) is 0 Å². The van der Waals surface area contributed by atoms with Crippen molar-refractivity contribution in [3.05, 3.63) is 67.4 Å². The number of rotatable bonds is 3. The van der Waals surface area contributed by atoms with Crippen LogP contribution in [0.25, 0.3) is 0 Å². The third-order valence-electron chi connectivity index (χ3n) is 4.03. The molecule has 1 amide bonds. The molecule has 2 N–H and O–H groups in total. The van der Waals surface area contributed by atoms with Crippen molar-refractivity contribution in [2.24, 2.45) is 0 Å². The highest BCUT2D eigenvalue weighted by Gasteiger charge is 2.28. The Labute approximate surface area is 137 Å². The molecular formula is C16H16ClN3O3. The fourth-order valence-electron chi connectivity index (χ4n) is 2.84. The largest absolute Gasteiger partial charge is 0.342 e. The van der Waals surface area contributed by atoms with Gasteiger partial charge in [-0.1, -0.05) is 23.7 Å². The van der Waals surface area contributed by atoms with Crippen LogP contribution in [0.4, 0.5) is 0 Å². The first-order valence-electron chi connectivity index (χ1n) is 7.37. The quantitative estimate of drug-likeness (QED) is 0.887. The lowest BCUT2D eigenvalue weighted by Crippen LogP contribution is -2.30. The van der Waals surface area contributed by atoms with Gasteiger partial charge in [0, 0.05) is 35.8 Å². The molecule has 2 aromatic rings. The van der Waals surface area contributed by atoms with Crippen LogP contribution in [0.15, 0.2) is 39.9 Å². The third-order valence-corrected chi connectivity index (χ3v) is 4.28. The zero-order valence-corrected chi connectivity index (χ0v) is 13.1. The van der Waals surface area contributed by atoms with E-state index in [4.69, 9.17) is 11.6 Å². The summed E-state index contributed by atoms with van der Waals surface area (Å²) < 4.78 is 0. The van der Waals surface area contributed by atoms with Crippen LogP contribution in [0.5, 0.6) is 0 Å². The summed E-state index contributed by atoms with van der Waals surface area (Å²) in [5.41, 5.74) is 0.557. The fraction of sp³-hybridized carbons (Fsp3) is 0.312. The van der Waals surface area contributed by atoms with Gasteiger partial charge in [0.1, 0.15) is 0 Å². The number of aromatic nitrogens is 2. The molecule has 0 saturated carbocycles. The van der Waals surface area contributed by atoms with Crippen molar-refractivity contribution in [3.8, 4) is 0 Å². The maximum Gasteiger partial charge on any atom is 0.325 e. The molecule has 1 saturated heterocycles. The van der Waals surface area contributed by atoms with Gasteiger partial charge in [-0.25, -0.2) is 4.79 Å². The number of nitrogens with zero attached hydrogens (tertiary/aromatic N) is 1. The summed E-state index contributed by atoms with van der Waals surface area (Å²) in [5.74, 6) is 0.0150. The fourth-order valence-corrected chi connectivity index (χ4v) is 2.96. The van der Waals surface area contributed by atoms with Crippen LogP contribution in [0.2, 0.25) is 5.02 Å². The number of hydrogen-bond donors (Lipinski definition) is 2. The average Bonchev–Trinajstić information content (AvgIpc) is 2.98. The topological polar surface area (TPSA) is 86.0 Å². The van der Waals surface area contributed by atoms with Crippen molar-refractivity contribution < 1.29 is 4.79 Å². The number of aromatic amines is 2. The molecule has 2 heterocycles. The molecule has 0 radical (unpaired) electrons. The molecule has 23 heavy (non-hydrogen) atoms. The number of likely N-dealkylation sites (tertiary alicyclic amines) is 1. The molecule has 1 aliphatic heterocycles. The number of benzene rings is 1. The highest BCUT2D eigenvalue weighted by molar-refractivity contribution is 6.30. The molecule has 120 valence electrons. The average molecular weight is 334 g/mol. The Bertz CT molecular complexity index is 797. The van der Waals surface area contributed by atoms with Gasteiger partial charge in [0.25, 0.3) is 5.56 Å². The van der Waals surface area contributed by atoms with E-state index < -0.39 is 11.2 Å². The first-order chi connectivity index (χ1) is 11.0. The summed E-state index contributed by atoms with van der Waals surface area (Å²) in [6, 6.07) is 8.58. The van der Waals surface area contributed by atoms with Gasteiger partial charge < -0.3 is 9.88 Å². The maximum absolute atomic E-state index is 12.4. The van der Waals surface area contributed by atoms with Gasteiger partial charge in [-0.3, -0.25) is 14.6 Å². The summed E-state index contributed by atoms with van der Waals surface area (Å²) in [6.45, 7) is 1.12. The second-order valence-corrected chi connectivity index (χ2v) is 6.11. The Morgan fingerprint density at radius 2 is 1.96 bits per heavy atom. The van der Waals surface area contributed by atoms with Gasteiger partial charge in [0.05, 0.1) is 6.42 Å². The number of amides is 1.